The van der Waals surface area contributed by atoms with Crippen LogP contribution in [0.4, 0.5) is 4.39 Å². The van der Waals surface area contributed by atoms with Crippen molar-refractivity contribution in [1.29, 1.82) is 0 Å². The Kier molecular flexibility index (Phi) is 6.69. The van der Waals surface area contributed by atoms with Gasteiger partial charge in [-0.25, -0.2) is 0 Å². The van der Waals surface area contributed by atoms with E-state index in [0.717, 1.165) is 38.0 Å². The Hall–Kier alpha value is -2.39. The van der Waals surface area contributed by atoms with E-state index >= 15 is 0 Å². The fourth-order valence-electron chi connectivity index (χ4n) is 4.91. The van der Waals surface area contributed by atoms with E-state index in [0.29, 0.717) is 16.5 Å². The maximum Gasteiger partial charge on any atom is 0.0906 e. The lowest BCUT2D eigenvalue weighted by atomic mass is 9.79. The van der Waals surface area contributed by atoms with Gasteiger partial charge in [-0.3, -0.25) is 9.29 Å². The number of benzene rings is 3. The number of likely N-dealkylation sites (tertiary alicyclic amines) is 1. The van der Waals surface area contributed by atoms with Gasteiger partial charge in [-0.1, -0.05) is 83.9 Å². The molecule has 1 saturated heterocycles. The molecule has 1 nitrogen and oxygen atoms in total. The molecule has 33 heavy (non-hydrogen) atoms. The summed E-state index contributed by atoms with van der Waals surface area (Å²) in [5, 5.41) is 1.34. The third-order valence-corrected chi connectivity index (χ3v) is 7.07. The molecule has 5 rings (SSSR count). The Morgan fingerprint density at radius 2 is 1.67 bits per heavy atom. The number of aryl methyl sites for hydroxylation is 1. The highest BCUT2D eigenvalue weighted by atomic mass is 35.5. The van der Waals surface area contributed by atoms with Gasteiger partial charge in [0.15, 0.2) is 0 Å². The fourth-order valence-corrected chi connectivity index (χ4v) is 5.43. The fraction of sp³-hybridized carbons (Fsp3) is 0.241. The van der Waals surface area contributed by atoms with Gasteiger partial charge in [0.05, 0.1) is 6.67 Å². The van der Waals surface area contributed by atoms with E-state index in [1.54, 1.807) is 0 Å². The zero-order valence-corrected chi connectivity index (χ0v) is 20.0. The average Bonchev–Trinajstić information content (AvgIpc) is 2.80. The highest BCUT2D eigenvalue weighted by Crippen LogP contribution is 2.43. The van der Waals surface area contributed by atoms with Crippen molar-refractivity contribution in [3.8, 4) is 0 Å². The van der Waals surface area contributed by atoms with E-state index in [-0.39, 0.29) is 6.67 Å². The molecule has 0 unspecified atom stereocenters. The number of halogens is 3. The molecule has 0 amide bonds. The van der Waals surface area contributed by atoms with Crippen LogP contribution in [0.25, 0.3) is 17.2 Å². The molecule has 4 heteroatoms. The SMILES string of the molecule is FCCCN1CC(=Cc2ccc(C3=C(c4ccc(Cl)cc4Cl)CCc4ccccc43)cc2)C1. The van der Waals surface area contributed by atoms with Crippen molar-refractivity contribution < 1.29 is 4.39 Å². The van der Waals surface area contributed by atoms with Gasteiger partial charge in [0.1, 0.15) is 0 Å². The summed E-state index contributed by atoms with van der Waals surface area (Å²) in [7, 11) is 0. The maximum atomic E-state index is 12.4. The summed E-state index contributed by atoms with van der Waals surface area (Å²) in [5.41, 5.74) is 10.0. The Bertz CT molecular complexity index is 1220. The number of hydrogen-bond acceptors (Lipinski definition) is 1. The number of nitrogens with zero attached hydrogens (tertiary/aromatic N) is 1. The van der Waals surface area contributed by atoms with Gasteiger partial charge in [-0.05, 0) is 75.9 Å². The van der Waals surface area contributed by atoms with Crippen LogP contribution in [0.3, 0.4) is 0 Å². The lowest BCUT2D eigenvalue weighted by Crippen LogP contribution is -2.40. The second-order valence-corrected chi connectivity index (χ2v) is 9.66. The summed E-state index contributed by atoms with van der Waals surface area (Å²) in [6.45, 7) is 2.49. The summed E-state index contributed by atoms with van der Waals surface area (Å²) in [6, 6.07) is 23.3. The molecular formula is C29H26Cl2FN. The quantitative estimate of drug-likeness (QED) is 0.347. The smallest absolute Gasteiger partial charge is 0.0906 e. The number of fused-ring (bicyclic) bond motifs is 1. The molecule has 1 heterocycles. The van der Waals surface area contributed by atoms with Gasteiger partial charge >= 0.3 is 0 Å². The van der Waals surface area contributed by atoms with Crippen LogP contribution in [-0.2, 0) is 6.42 Å². The first-order valence-electron chi connectivity index (χ1n) is 11.5. The van der Waals surface area contributed by atoms with Crippen molar-refractivity contribution in [2.45, 2.75) is 19.3 Å². The highest BCUT2D eigenvalue weighted by Gasteiger charge is 2.23. The second kappa shape index (κ2) is 9.85. The van der Waals surface area contributed by atoms with Gasteiger partial charge in [-0.2, -0.15) is 0 Å². The van der Waals surface area contributed by atoms with E-state index in [1.165, 1.54) is 39.0 Å². The lowest BCUT2D eigenvalue weighted by Gasteiger charge is -2.33. The normalized spacial score (nSPS) is 15.9. The Balaban J connectivity index is 1.49. The molecule has 2 aliphatic rings. The monoisotopic (exact) mass is 477 g/mol. The molecule has 1 aliphatic carbocycles. The number of allylic oxidation sites excluding steroid dienone is 1. The molecule has 1 fully saturated rings. The van der Waals surface area contributed by atoms with E-state index in [4.69, 9.17) is 23.2 Å². The summed E-state index contributed by atoms with van der Waals surface area (Å²) in [6.07, 6.45) is 4.82. The molecule has 0 saturated carbocycles. The topological polar surface area (TPSA) is 3.24 Å². The molecule has 0 radical (unpaired) electrons. The van der Waals surface area contributed by atoms with Crippen LogP contribution in [0.5, 0.6) is 0 Å². The minimum absolute atomic E-state index is 0.237. The molecular weight excluding hydrogens is 452 g/mol. The minimum Gasteiger partial charge on any atom is -0.295 e. The van der Waals surface area contributed by atoms with Crippen molar-refractivity contribution in [3.05, 3.63) is 110 Å². The van der Waals surface area contributed by atoms with Crippen molar-refractivity contribution in [1.82, 2.24) is 4.90 Å². The van der Waals surface area contributed by atoms with E-state index in [9.17, 15) is 4.39 Å². The maximum absolute atomic E-state index is 12.4. The lowest BCUT2D eigenvalue weighted by molar-refractivity contribution is 0.239. The van der Waals surface area contributed by atoms with Crippen molar-refractivity contribution in [3.63, 3.8) is 0 Å². The number of hydrogen-bond donors (Lipinski definition) is 0. The molecule has 1 aliphatic heterocycles. The molecule has 0 atom stereocenters. The number of rotatable bonds is 6. The average molecular weight is 478 g/mol. The first-order valence-corrected chi connectivity index (χ1v) is 12.2. The van der Waals surface area contributed by atoms with Crippen LogP contribution in [0, 0.1) is 0 Å². The molecule has 0 spiro atoms. The van der Waals surface area contributed by atoms with Crippen molar-refractivity contribution >= 4 is 40.4 Å². The van der Waals surface area contributed by atoms with Crippen molar-refractivity contribution in [2.75, 3.05) is 26.3 Å². The number of alkyl halides is 1. The van der Waals surface area contributed by atoms with Crippen LogP contribution in [-0.4, -0.2) is 31.2 Å². The third kappa shape index (κ3) is 4.80. The largest absolute Gasteiger partial charge is 0.295 e. The van der Waals surface area contributed by atoms with Gasteiger partial charge in [-0.15, -0.1) is 0 Å². The van der Waals surface area contributed by atoms with Gasteiger partial charge in [0.2, 0.25) is 0 Å². The Morgan fingerprint density at radius 3 is 2.42 bits per heavy atom. The third-order valence-electron chi connectivity index (χ3n) is 6.52. The molecule has 168 valence electrons. The molecule has 0 bridgehead atoms. The predicted octanol–water partition coefficient (Wildman–Crippen LogP) is 7.96. The molecule has 3 aromatic rings. The van der Waals surface area contributed by atoms with Crippen LogP contribution < -0.4 is 0 Å². The summed E-state index contributed by atoms with van der Waals surface area (Å²) in [5.74, 6) is 0. The first kappa shape index (κ1) is 22.4. The summed E-state index contributed by atoms with van der Waals surface area (Å²) < 4.78 is 12.4. The zero-order valence-electron chi connectivity index (χ0n) is 18.5. The van der Waals surface area contributed by atoms with Gasteiger partial charge in [0, 0.05) is 29.7 Å². The first-order chi connectivity index (χ1) is 16.1. The van der Waals surface area contributed by atoms with E-state index < -0.39 is 0 Å². The predicted molar refractivity (Wildman–Crippen MR) is 139 cm³/mol. The highest BCUT2D eigenvalue weighted by molar-refractivity contribution is 6.36. The minimum atomic E-state index is -0.237. The van der Waals surface area contributed by atoms with Crippen LogP contribution >= 0.6 is 23.2 Å². The Labute approximate surface area is 205 Å². The van der Waals surface area contributed by atoms with Gasteiger partial charge < -0.3 is 0 Å². The Morgan fingerprint density at radius 1 is 0.879 bits per heavy atom. The summed E-state index contributed by atoms with van der Waals surface area (Å²) >= 11 is 12.8. The van der Waals surface area contributed by atoms with Crippen molar-refractivity contribution in [2.24, 2.45) is 0 Å². The van der Waals surface area contributed by atoms with Gasteiger partial charge in [0.25, 0.3) is 0 Å². The van der Waals surface area contributed by atoms with Crippen LogP contribution in [0.2, 0.25) is 10.0 Å². The second-order valence-electron chi connectivity index (χ2n) is 8.81. The standard InChI is InChI=1S/C29H26Cl2FN/c30-24-11-13-26(28(31)17-24)27-12-10-22-4-1-2-5-25(22)29(27)23-8-6-20(7-9-23)16-21-18-33(19-21)15-3-14-32/h1-2,4-9,11,13,16-17H,3,10,12,14-15,18-19H2. The molecule has 0 N–H and O–H groups in total. The summed E-state index contributed by atoms with van der Waals surface area (Å²) in [4.78, 5) is 2.28. The van der Waals surface area contributed by atoms with E-state index in [2.05, 4.69) is 59.5 Å². The van der Waals surface area contributed by atoms with E-state index in [1.807, 2.05) is 18.2 Å². The molecule has 3 aromatic carbocycles. The molecule has 0 aromatic heterocycles. The zero-order chi connectivity index (χ0) is 22.8. The van der Waals surface area contributed by atoms with Crippen LogP contribution in [0.15, 0.2) is 72.3 Å². The van der Waals surface area contributed by atoms with Crippen LogP contribution in [0.1, 0.15) is 40.7 Å².